The Morgan fingerprint density at radius 2 is 1.84 bits per heavy atom. The lowest BCUT2D eigenvalue weighted by Crippen LogP contribution is -2.46. The molecule has 0 aliphatic carbocycles. The molecule has 0 spiro atoms. The number of fused-ring (bicyclic) bond motifs is 1. The van der Waals surface area contributed by atoms with Crippen molar-refractivity contribution in [3.05, 3.63) is 59.7 Å². The summed E-state index contributed by atoms with van der Waals surface area (Å²) >= 11 is 0. The first kappa shape index (κ1) is 20.8. The SMILES string of the molecule is O=C1CC[C@@H](C(=O)N2CCOc3ccc(CN4CCN(c5ccccc5)CC4)cc3C2)N1. The average Bonchev–Trinajstić information content (AvgIpc) is 3.15. The highest BCUT2D eigenvalue weighted by molar-refractivity contribution is 5.90. The van der Waals surface area contributed by atoms with Crippen LogP contribution in [-0.2, 0) is 22.7 Å². The number of nitrogens with one attached hydrogen (secondary N) is 1. The van der Waals surface area contributed by atoms with Crippen LogP contribution in [0.2, 0.25) is 0 Å². The van der Waals surface area contributed by atoms with Gasteiger partial charge in [0.15, 0.2) is 0 Å². The molecule has 3 aliphatic rings. The van der Waals surface area contributed by atoms with E-state index in [1.807, 2.05) is 11.0 Å². The van der Waals surface area contributed by atoms with E-state index < -0.39 is 6.04 Å². The summed E-state index contributed by atoms with van der Waals surface area (Å²) in [6.07, 6.45) is 1.01. The van der Waals surface area contributed by atoms with Crippen LogP contribution in [0.15, 0.2) is 48.5 Å². The van der Waals surface area contributed by atoms with E-state index in [4.69, 9.17) is 4.74 Å². The molecule has 2 fully saturated rings. The van der Waals surface area contributed by atoms with E-state index >= 15 is 0 Å². The number of benzene rings is 2. The Morgan fingerprint density at radius 3 is 2.59 bits per heavy atom. The Morgan fingerprint density at radius 1 is 1.03 bits per heavy atom. The lowest BCUT2D eigenvalue weighted by Gasteiger charge is -2.36. The zero-order valence-corrected chi connectivity index (χ0v) is 18.3. The van der Waals surface area contributed by atoms with E-state index in [2.05, 4.69) is 57.6 Å². The molecule has 0 aromatic heterocycles. The summed E-state index contributed by atoms with van der Waals surface area (Å²) in [6, 6.07) is 16.5. The number of ether oxygens (including phenoxy) is 1. The second-order valence-electron chi connectivity index (χ2n) is 8.81. The number of rotatable bonds is 4. The third-order valence-corrected chi connectivity index (χ3v) is 6.61. The van der Waals surface area contributed by atoms with Crippen LogP contribution < -0.4 is 15.0 Å². The zero-order chi connectivity index (χ0) is 21.9. The zero-order valence-electron chi connectivity index (χ0n) is 18.3. The molecule has 1 atom stereocenters. The molecule has 3 aliphatic heterocycles. The summed E-state index contributed by atoms with van der Waals surface area (Å²) in [6.45, 7) is 6.51. The third kappa shape index (κ3) is 4.58. The minimum absolute atomic E-state index is 0.00487. The fourth-order valence-electron chi connectivity index (χ4n) is 4.81. The molecule has 0 unspecified atom stereocenters. The Hall–Kier alpha value is -3.06. The predicted molar refractivity (Wildman–Crippen MR) is 122 cm³/mol. The maximum absolute atomic E-state index is 12.9. The molecule has 2 amide bonds. The number of hydrogen-bond donors (Lipinski definition) is 1. The monoisotopic (exact) mass is 434 g/mol. The van der Waals surface area contributed by atoms with Gasteiger partial charge in [0.1, 0.15) is 18.4 Å². The van der Waals surface area contributed by atoms with Gasteiger partial charge in [-0.3, -0.25) is 14.5 Å². The van der Waals surface area contributed by atoms with Gasteiger partial charge in [0.2, 0.25) is 11.8 Å². The molecule has 2 aromatic carbocycles. The molecule has 7 nitrogen and oxygen atoms in total. The Kier molecular flexibility index (Phi) is 5.99. The van der Waals surface area contributed by atoms with Gasteiger partial charge in [-0.15, -0.1) is 0 Å². The largest absolute Gasteiger partial charge is 0.491 e. The molecule has 168 valence electrons. The highest BCUT2D eigenvalue weighted by Crippen LogP contribution is 2.26. The minimum atomic E-state index is -0.395. The van der Waals surface area contributed by atoms with Crippen molar-refractivity contribution in [2.45, 2.75) is 32.0 Å². The van der Waals surface area contributed by atoms with Gasteiger partial charge in [-0.1, -0.05) is 24.3 Å². The molecular weight excluding hydrogens is 404 g/mol. The average molecular weight is 435 g/mol. The fraction of sp³-hybridized carbons (Fsp3) is 0.440. The Labute approximate surface area is 188 Å². The van der Waals surface area contributed by atoms with Gasteiger partial charge in [0, 0.05) is 56.9 Å². The summed E-state index contributed by atoms with van der Waals surface area (Å²) in [4.78, 5) is 31.2. The van der Waals surface area contributed by atoms with Gasteiger partial charge < -0.3 is 19.9 Å². The van der Waals surface area contributed by atoms with Crippen LogP contribution in [0.4, 0.5) is 5.69 Å². The second-order valence-corrected chi connectivity index (χ2v) is 8.81. The summed E-state index contributed by atoms with van der Waals surface area (Å²) in [5.74, 6) is 0.813. The number of piperazine rings is 1. The van der Waals surface area contributed by atoms with Gasteiger partial charge in [0.25, 0.3) is 0 Å². The van der Waals surface area contributed by atoms with Crippen LogP contribution in [0.1, 0.15) is 24.0 Å². The molecule has 3 heterocycles. The molecule has 1 N–H and O–H groups in total. The molecule has 32 heavy (non-hydrogen) atoms. The van der Waals surface area contributed by atoms with Crippen molar-refractivity contribution in [3.8, 4) is 5.75 Å². The van der Waals surface area contributed by atoms with Crippen LogP contribution in [0.5, 0.6) is 5.75 Å². The Bertz CT molecular complexity index is 972. The van der Waals surface area contributed by atoms with Crippen molar-refractivity contribution in [1.82, 2.24) is 15.1 Å². The lowest BCUT2D eigenvalue weighted by molar-refractivity contribution is -0.135. The molecule has 7 heteroatoms. The molecule has 5 rings (SSSR count). The predicted octanol–water partition coefficient (Wildman–Crippen LogP) is 2.01. The molecule has 0 bridgehead atoms. The van der Waals surface area contributed by atoms with Crippen LogP contribution in [0, 0.1) is 0 Å². The van der Waals surface area contributed by atoms with Crippen molar-refractivity contribution in [3.63, 3.8) is 0 Å². The van der Waals surface area contributed by atoms with Crippen molar-refractivity contribution < 1.29 is 14.3 Å². The summed E-state index contributed by atoms with van der Waals surface area (Å²) in [5, 5.41) is 2.79. The van der Waals surface area contributed by atoms with Crippen LogP contribution in [0.3, 0.4) is 0 Å². The molecule has 2 saturated heterocycles. The molecule has 0 saturated carbocycles. The van der Waals surface area contributed by atoms with Crippen molar-refractivity contribution in [2.75, 3.05) is 44.2 Å². The van der Waals surface area contributed by atoms with E-state index in [0.29, 0.717) is 32.5 Å². The van der Waals surface area contributed by atoms with Gasteiger partial charge in [-0.05, 0) is 36.2 Å². The number of carbonyl (C=O) groups is 2. The minimum Gasteiger partial charge on any atom is -0.491 e. The summed E-state index contributed by atoms with van der Waals surface area (Å²) in [5.41, 5.74) is 3.57. The summed E-state index contributed by atoms with van der Waals surface area (Å²) in [7, 11) is 0. The van der Waals surface area contributed by atoms with Crippen LogP contribution >= 0.6 is 0 Å². The first-order chi connectivity index (χ1) is 15.7. The van der Waals surface area contributed by atoms with Crippen molar-refractivity contribution in [2.24, 2.45) is 0 Å². The number of para-hydroxylation sites is 1. The Balaban J connectivity index is 1.21. The maximum atomic E-state index is 12.9. The lowest BCUT2D eigenvalue weighted by atomic mass is 10.1. The van der Waals surface area contributed by atoms with E-state index in [1.165, 1.54) is 11.3 Å². The summed E-state index contributed by atoms with van der Waals surface area (Å²) < 4.78 is 5.92. The van der Waals surface area contributed by atoms with Gasteiger partial charge in [-0.25, -0.2) is 0 Å². The normalized spacial score (nSPS) is 21.5. The molecule has 0 radical (unpaired) electrons. The molecule has 2 aromatic rings. The highest BCUT2D eigenvalue weighted by atomic mass is 16.5. The van der Waals surface area contributed by atoms with E-state index in [-0.39, 0.29) is 11.8 Å². The maximum Gasteiger partial charge on any atom is 0.245 e. The van der Waals surface area contributed by atoms with Crippen molar-refractivity contribution in [1.29, 1.82) is 0 Å². The van der Waals surface area contributed by atoms with E-state index in [0.717, 1.165) is 44.0 Å². The molecular formula is C25H30N4O3. The smallest absolute Gasteiger partial charge is 0.245 e. The topological polar surface area (TPSA) is 65.1 Å². The number of carbonyl (C=O) groups excluding carboxylic acids is 2. The quantitative estimate of drug-likeness (QED) is 0.798. The van der Waals surface area contributed by atoms with Gasteiger partial charge in [-0.2, -0.15) is 0 Å². The number of anilines is 1. The highest BCUT2D eigenvalue weighted by Gasteiger charge is 2.32. The van der Waals surface area contributed by atoms with E-state index in [1.54, 1.807) is 0 Å². The number of hydrogen-bond acceptors (Lipinski definition) is 5. The van der Waals surface area contributed by atoms with Crippen LogP contribution in [-0.4, -0.2) is 67.0 Å². The second kappa shape index (κ2) is 9.20. The van der Waals surface area contributed by atoms with Gasteiger partial charge in [0.05, 0.1) is 6.54 Å². The first-order valence-corrected chi connectivity index (χ1v) is 11.5. The van der Waals surface area contributed by atoms with Crippen molar-refractivity contribution >= 4 is 17.5 Å². The van der Waals surface area contributed by atoms with Crippen LogP contribution in [0.25, 0.3) is 0 Å². The standard InChI is InChI=1S/C25H30N4O3/c30-24-9-7-22(26-24)25(31)29-14-15-32-23-8-6-19(16-20(23)18-29)17-27-10-12-28(13-11-27)21-4-2-1-3-5-21/h1-6,8,16,22H,7,9-15,17-18H2,(H,26,30)/t22-/m0/s1. The fourth-order valence-corrected chi connectivity index (χ4v) is 4.81. The van der Waals surface area contributed by atoms with Gasteiger partial charge >= 0.3 is 0 Å². The number of nitrogens with zero attached hydrogens (tertiary/aromatic N) is 3. The van der Waals surface area contributed by atoms with E-state index in [9.17, 15) is 9.59 Å². The first-order valence-electron chi connectivity index (χ1n) is 11.5. The number of amides is 2. The third-order valence-electron chi connectivity index (χ3n) is 6.61.